The Balaban J connectivity index is 1.44. The molecule has 1 heterocycles. The van der Waals surface area contributed by atoms with E-state index in [0.717, 1.165) is 37.2 Å². The van der Waals surface area contributed by atoms with Gasteiger partial charge in [0, 0.05) is 25.3 Å². The number of anilines is 1. The van der Waals surface area contributed by atoms with Gasteiger partial charge >= 0.3 is 0 Å². The van der Waals surface area contributed by atoms with E-state index >= 15 is 0 Å². The van der Waals surface area contributed by atoms with E-state index < -0.39 is 6.10 Å². The van der Waals surface area contributed by atoms with E-state index in [4.69, 9.17) is 4.74 Å². The number of hydrogen-bond acceptors (Lipinski definition) is 3. The maximum Gasteiger partial charge on any atom is 0.261 e. The van der Waals surface area contributed by atoms with Crippen LogP contribution in [0, 0.1) is 6.92 Å². The van der Waals surface area contributed by atoms with Crippen molar-refractivity contribution in [3.05, 3.63) is 59.7 Å². The number of hydrogen-bond donors (Lipinski definition) is 1. The number of carbonyl (C=O) groups is 1. The van der Waals surface area contributed by atoms with Crippen molar-refractivity contribution in [2.75, 3.05) is 24.5 Å². The number of fused-ring (bicyclic) bond motifs is 1. The largest absolute Gasteiger partial charge is 0.480 e. The number of nitrogens with one attached hydrogen (secondary N) is 1. The molecule has 0 aromatic heterocycles. The van der Waals surface area contributed by atoms with Crippen molar-refractivity contribution in [2.45, 2.75) is 39.2 Å². The van der Waals surface area contributed by atoms with Gasteiger partial charge in [-0.15, -0.1) is 0 Å². The number of rotatable bonds is 8. The van der Waals surface area contributed by atoms with Crippen LogP contribution >= 0.6 is 0 Å². The topological polar surface area (TPSA) is 41.6 Å². The molecule has 1 atom stereocenters. The van der Waals surface area contributed by atoms with Crippen molar-refractivity contribution < 1.29 is 9.53 Å². The number of amides is 1. The van der Waals surface area contributed by atoms with Gasteiger partial charge in [0.2, 0.25) is 0 Å². The van der Waals surface area contributed by atoms with E-state index in [1.165, 1.54) is 11.3 Å². The number of ether oxygens (including phenoxy) is 1. The molecule has 0 saturated carbocycles. The molecule has 0 bridgehead atoms. The molecule has 2 aromatic carbocycles. The minimum Gasteiger partial charge on any atom is -0.480 e. The summed E-state index contributed by atoms with van der Waals surface area (Å²) < 4.78 is 5.91. The normalized spacial score (nSPS) is 14.0. The molecule has 0 radical (unpaired) electrons. The first kappa shape index (κ1) is 18.3. The Labute approximate surface area is 156 Å². The second kappa shape index (κ2) is 8.75. The molecular formula is C22H28N2O2. The summed E-state index contributed by atoms with van der Waals surface area (Å²) in [6, 6.07) is 16.4. The third-order valence-electron chi connectivity index (χ3n) is 4.91. The standard InChI is InChI=1S/C22H28N2O2/c1-3-20(26-21-12-7-4-9-17(21)2)22(25)23-14-8-15-24-16-13-18-10-5-6-11-19(18)24/h4-7,9-12,20H,3,8,13-16H2,1-2H3,(H,23,25). The van der Waals surface area contributed by atoms with Crippen LogP contribution in [0.5, 0.6) is 5.75 Å². The fourth-order valence-electron chi connectivity index (χ4n) is 3.40. The molecule has 3 rings (SSSR count). The summed E-state index contributed by atoms with van der Waals surface area (Å²) >= 11 is 0. The van der Waals surface area contributed by atoms with Crippen LogP contribution in [0.4, 0.5) is 5.69 Å². The fourth-order valence-corrected chi connectivity index (χ4v) is 3.40. The van der Waals surface area contributed by atoms with E-state index in [1.807, 2.05) is 38.1 Å². The predicted molar refractivity (Wildman–Crippen MR) is 106 cm³/mol. The summed E-state index contributed by atoms with van der Waals surface area (Å²) in [5.41, 5.74) is 3.81. The van der Waals surface area contributed by atoms with Gasteiger partial charge in [0.1, 0.15) is 5.75 Å². The second-order valence-corrected chi connectivity index (χ2v) is 6.79. The SMILES string of the molecule is CCC(Oc1ccccc1C)C(=O)NCCCN1CCc2ccccc21. The summed E-state index contributed by atoms with van der Waals surface area (Å²) in [5.74, 6) is 0.751. The first-order chi connectivity index (χ1) is 12.7. The van der Waals surface area contributed by atoms with Gasteiger partial charge in [0.25, 0.3) is 5.91 Å². The van der Waals surface area contributed by atoms with Gasteiger partial charge in [-0.25, -0.2) is 0 Å². The third kappa shape index (κ3) is 4.37. The van der Waals surface area contributed by atoms with Gasteiger partial charge in [-0.3, -0.25) is 4.79 Å². The van der Waals surface area contributed by atoms with Crippen molar-refractivity contribution in [1.29, 1.82) is 0 Å². The smallest absolute Gasteiger partial charge is 0.261 e. The molecule has 4 heteroatoms. The van der Waals surface area contributed by atoms with E-state index in [9.17, 15) is 4.79 Å². The van der Waals surface area contributed by atoms with E-state index in [2.05, 4.69) is 34.5 Å². The van der Waals surface area contributed by atoms with Crippen molar-refractivity contribution in [3.63, 3.8) is 0 Å². The van der Waals surface area contributed by atoms with Gasteiger partial charge in [-0.1, -0.05) is 43.3 Å². The number of benzene rings is 2. The predicted octanol–water partition coefficient (Wildman–Crippen LogP) is 3.72. The van der Waals surface area contributed by atoms with E-state index in [1.54, 1.807) is 0 Å². The van der Waals surface area contributed by atoms with Crippen molar-refractivity contribution in [2.24, 2.45) is 0 Å². The van der Waals surface area contributed by atoms with Crippen molar-refractivity contribution >= 4 is 11.6 Å². The molecular weight excluding hydrogens is 324 g/mol. The van der Waals surface area contributed by atoms with Crippen LogP contribution in [0.25, 0.3) is 0 Å². The molecule has 138 valence electrons. The molecule has 1 aliphatic rings. The zero-order chi connectivity index (χ0) is 18.4. The van der Waals surface area contributed by atoms with E-state index in [0.29, 0.717) is 13.0 Å². The Bertz CT molecular complexity index is 744. The minimum absolute atomic E-state index is 0.0300. The highest BCUT2D eigenvalue weighted by Gasteiger charge is 2.20. The van der Waals surface area contributed by atoms with Crippen LogP contribution in [0.2, 0.25) is 0 Å². The third-order valence-corrected chi connectivity index (χ3v) is 4.91. The van der Waals surface area contributed by atoms with Gasteiger partial charge in [0.05, 0.1) is 0 Å². The molecule has 1 unspecified atom stereocenters. The lowest BCUT2D eigenvalue weighted by Crippen LogP contribution is -2.39. The highest BCUT2D eigenvalue weighted by molar-refractivity contribution is 5.81. The summed E-state index contributed by atoms with van der Waals surface area (Å²) in [6.45, 7) is 6.68. The Morgan fingerprint density at radius 1 is 1.19 bits per heavy atom. The molecule has 1 amide bonds. The quantitative estimate of drug-likeness (QED) is 0.736. The molecule has 0 spiro atoms. The lowest BCUT2D eigenvalue weighted by atomic mass is 10.2. The molecule has 26 heavy (non-hydrogen) atoms. The first-order valence-corrected chi connectivity index (χ1v) is 9.52. The monoisotopic (exact) mass is 352 g/mol. The molecule has 2 aromatic rings. The average Bonchev–Trinajstić information content (AvgIpc) is 3.07. The number of nitrogens with zero attached hydrogens (tertiary/aromatic N) is 1. The van der Waals surface area contributed by atoms with Crippen LogP contribution in [-0.4, -0.2) is 31.6 Å². The molecule has 0 saturated heterocycles. The minimum atomic E-state index is -0.441. The molecule has 0 fully saturated rings. The summed E-state index contributed by atoms with van der Waals surface area (Å²) in [6.07, 6.45) is 2.26. The van der Waals surface area contributed by atoms with Crippen molar-refractivity contribution in [3.8, 4) is 5.75 Å². The zero-order valence-corrected chi connectivity index (χ0v) is 15.7. The average molecular weight is 352 g/mol. The zero-order valence-electron chi connectivity index (χ0n) is 15.7. The van der Waals surface area contributed by atoms with Crippen LogP contribution in [0.15, 0.2) is 48.5 Å². The van der Waals surface area contributed by atoms with Gasteiger partial charge in [0.15, 0.2) is 6.10 Å². The maximum absolute atomic E-state index is 12.4. The Kier molecular flexibility index (Phi) is 6.16. The number of aryl methyl sites for hydroxylation is 1. The number of para-hydroxylation sites is 2. The molecule has 1 N–H and O–H groups in total. The molecule has 1 aliphatic heterocycles. The first-order valence-electron chi connectivity index (χ1n) is 9.52. The van der Waals surface area contributed by atoms with Crippen LogP contribution in [0.3, 0.4) is 0 Å². The van der Waals surface area contributed by atoms with Gasteiger partial charge in [-0.05, 0) is 49.4 Å². The van der Waals surface area contributed by atoms with Gasteiger partial charge in [-0.2, -0.15) is 0 Å². The Morgan fingerprint density at radius 3 is 2.77 bits per heavy atom. The van der Waals surface area contributed by atoms with Crippen LogP contribution < -0.4 is 15.0 Å². The van der Waals surface area contributed by atoms with Gasteiger partial charge < -0.3 is 15.0 Å². The van der Waals surface area contributed by atoms with E-state index in [-0.39, 0.29) is 5.91 Å². The number of carbonyl (C=O) groups excluding carboxylic acids is 1. The van der Waals surface area contributed by atoms with Crippen LogP contribution in [-0.2, 0) is 11.2 Å². The second-order valence-electron chi connectivity index (χ2n) is 6.79. The Morgan fingerprint density at radius 2 is 1.96 bits per heavy atom. The fraction of sp³-hybridized carbons (Fsp3) is 0.409. The summed E-state index contributed by atoms with van der Waals surface area (Å²) in [7, 11) is 0. The summed E-state index contributed by atoms with van der Waals surface area (Å²) in [5, 5.41) is 3.03. The summed E-state index contributed by atoms with van der Waals surface area (Å²) in [4.78, 5) is 14.8. The molecule has 4 nitrogen and oxygen atoms in total. The van der Waals surface area contributed by atoms with Crippen LogP contribution in [0.1, 0.15) is 30.9 Å². The Hall–Kier alpha value is -2.49. The lowest BCUT2D eigenvalue weighted by Gasteiger charge is -2.21. The highest BCUT2D eigenvalue weighted by Crippen LogP contribution is 2.27. The highest BCUT2D eigenvalue weighted by atomic mass is 16.5. The van der Waals surface area contributed by atoms with Crippen molar-refractivity contribution in [1.82, 2.24) is 5.32 Å². The lowest BCUT2D eigenvalue weighted by molar-refractivity contribution is -0.128. The maximum atomic E-state index is 12.4. The molecule has 0 aliphatic carbocycles.